The van der Waals surface area contributed by atoms with Crippen LogP contribution >= 0.6 is 12.4 Å². The van der Waals surface area contributed by atoms with Crippen LogP contribution in [0, 0.1) is 12.3 Å². The van der Waals surface area contributed by atoms with Gasteiger partial charge in [-0.25, -0.2) is 0 Å². The third-order valence-corrected chi connectivity index (χ3v) is 3.18. The fraction of sp³-hybridized carbons (Fsp3) is 0.125. The van der Waals surface area contributed by atoms with E-state index >= 15 is 0 Å². The summed E-state index contributed by atoms with van der Waals surface area (Å²) in [5.74, 6) is -0.175. The van der Waals surface area contributed by atoms with Crippen LogP contribution in [0.5, 0.6) is 0 Å². The van der Waals surface area contributed by atoms with Crippen LogP contribution in [-0.4, -0.2) is 11.7 Å². The number of aryl methyl sites for hydroxylation is 1. The number of amidine groups is 1. The fourth-order valence-corrected chi connectivity index (χ4v) is 1.99. The first-order chi connectivity index (χ1) is 9.97. The van der Waals surface area contributed by atoms with E-state index in [1.165, 1.54) is 0 Å². The average Bonchev–Trinajstić information content (AvgIpc) is 2.45. The highest BCUT2D eigenvalue weighted by molar-refractivity contribution is 5.96. The molecule has 22 heavy (non-hydrogen) atoms. The number of hydrogen-bond donors (Lipinski definition) is 4. The van der Waals surface area contributed by atoms with E-state index in [1.54, 1.807) is 24.3 Å². The molecule has 0 aliphatic carbocycles. The largest absolute Gasteiger partial charge is 0.398 e. The second-order valence-electron chi connectivity index (χ2n) is 4.88. The normalized spacial score (nSPS) is 9.68. The Hall–Kier alpha value is -2.53. The molecular weight excluding hydrogens is 300 g/mol. The van der Waals surface area contributed by atoms with Crippen LogP contribution in [-0.2, 0) is 6.54 Å². The van der Waals surface area contributed by atoms with E-state index in [0.717, 1.165) is 11.1 Å². The molecule has 1 amide bonds. The number of benzene rings is 2. The average molecular weight is 319 g/mol. The Labute approximate surface area is 135 Å². The van der Waals surface area contributed by atoms with Crippen LogP contribution in [0.1, 0.15) is 27.0 Å². The van der Waals surface area contributed by atoms with Gasteiger partial charge >= 0.3 is 0 Å². The highest BCUT2D eigenvalue weighted by atomic mass is 35.5. The van der Waals surface area contributed by atoms with E-state index in [4.69, 9.17) is 16.9 Å². The van der Waals surface area contributed by atoms with Crippen LogP contribution in [0.3, 0.4) is 0 Å². The Bertz CT molecular complexity index is 700. The first kappa shape index (κ1) is 17.5. The number of hydrogen-bond acceptors (Lipinski definition) is 3. The van der Waals surface area contributed by atoms with Gasteiger partial charge in [0.25, 0.3) is 5.91 Å². The van der Waals surface area contributed by atoms with Crippen LogP contribution < -0.4 is 16.8 Å². The SMILES string of the molecule is Cc1cccc(C(=O)NCc2ccc(C(=N)N)cc2N)c1.Cl. The quantitative estimate of drug-likeness (QED) is 0.394. The van der Waals surface area contributed by atoms with Gasteiger partial charge in [-0.3, -0.25) is 10.2 Å². The van der Waals surface area contributed by atoms with Crippen molar-refractivity contribution in [2.75, 3.05) is 5.73 Å². The minimum absolute atomic E-state index is 0. The zero-order chi connectivity index (χ0) is 15.4. The molecule has 0 aromatic heterocycles. The van der Waals surface area contributed by atoms with E-state index in [-0.39, 0.29) is 24.1 Å². The van der Waals surface area contributed by atoms with Crippen LogP contribution in [0.2, 0.25) is 0 Å². The molecule has 0 unspecified atom stereocenters. The Balaban J connectivity index is 0.00000242. The zero-order valence-corrected chi connectivity index (χ0v) is 13.0. The predicted octanol–water partition coefficient (Wildman–Crippen LogP) is 2.21. The van der Waals surface area contributed by atoms with E-state index in [0.29, 0.717) is 23.4 Å². The molecule has 0 saturated heterocycles. The molecule has 0 radical (unpaired) electrons. The van der Waals surface area contributed by atoms with E-state index in [9.17, 15) is 4.79 Å². The molecule has 0 bridgehead atoms. The molecule has 0 spiro atoms. The number of nitrogens with two attached hydrogens (primary N) is 2. The van der Waals surface area contributed by atoms with Crippen molar-refractivity contribution >= 4 is 29.8 Å². The number of rotatable bonds is 4. The number of nitrogen functional groups attached to an aromatic ring is 2. The lowest BCUT2D eigenvalue weighted by Crippen LogP contribution is -2.23. The topological polar surface area (TPSA) is 105 Å². The van der Waals surface area contributed by atoms with Crippen LogP contribution in [0.4, 0.5) is 5.69 Å². The molecule has 0 fully saturated rings. The molecule has 5 nitrogen and oxygen atoms in total. The van der Waals surface area contributed by atoms with Gasteiger partial charge in [0.2, 0.25) is 0 Å². The van der Waals surface area contributed by atoms with Gasteiger partial charge in [0, 0.05) is 23.4 Å². The molecule has 6 N–H and O–H groups in total. The lowest BCUT2D eigenvalue weighted by atomic mass is 10.1. The summed E-state index contributed by atoms with van der Waals surface area (Å²) in [5, 5.41) is 10.2. The summed E-state index contributed by atoms with van der Waals surface area (Å²) in [6.45, 7) is 2.27. The van der Waals surface area contributed by atoms with Crippen molar-refractivity contribution in [3.63, 3.8) is 0 Å². The number of amides is 1. The summed E-state index contributed by atoms with van der Waals surface area (Å²) in [7, 11) is 0. The Kier molecular flexibility index (Phi) is 5.95. The van der Waals surface area contributed by atoms with Gasteiger partial charge in [-0.15, -0.1) is 12.4 Å². The Morgan fingerprint density at radius 3 is 2.50 bits per heavy atom. The third-order valence-electron chi connectivity index (χ3n) is 3.18. The Morgan fingerprint density at radius 2 is 1.91 bits per heavy atom. The predicted molar refractivity (Wildman–Crippen MR) is 91.5 cm³/mol. The molecule has 0 saturated carbocycles. The summed E-state index contributed by atoms with van der Waals surface area (Å²) in [6.07, 6.45) is 0. The molecule has 2 aromatic rings. The molecule has 2 aromatic carbocycles. The Morgan fingerprint density at radius 1 is 1.18 bits per heavy atom. The highest BCUT2D eigenvalue weighted by Crippen LogP contribution is 2.14. The summed E-state index contributed by atoms with van der Waals surface area (Å²) < 4.78 is 0. The molecule has 116 valence electrons. The van der Waals surface area contributed by atoms with Crippen molar-refractivity contribution in [2.45, 2.75) is 13.5 Å². The number of carbonyl (C=O) groups is 1. The first-order valence-corrected chi connectivity index (χ1v) is 6.55. The second-order valence-corrected chi connectivity index (χ2v) is 4.88. The van der Waals surface area contributed by atoms with Crippen molar-refractivity contribution in [2.24, 2.45) is 5.73 Å². The zero-order valence-electron chi connectivity index (χ0n) is 12.2. The number of carbonyl (C=O) groups excluding carboxylic acids is 1. The maximum atomic E-state index is 12.1. The maximum Gasteiger partial charge on any atom is 0.251 e. The second kappa shape index (κ2) is 7.47. The summed E-state index contributed by atoms with van der Waals surface area (Å²) >= 11 is 0. The highest BCUT2D eigenvalue weighted by Gasteiger charge is 2.07. The van der Waals surface area contributed by atoms with Crippen LogP contribution in [0.25, 0.3) is 0 Å². The summed E-state index contributed by atoms with van der Waals surface area (Å²) in [4.78, 5) is 12.1. The molecule has 0 atom stereocenters. The van der Waals surface area contributed by atoms with Gasteiger partial charge in [0.05, 0.1) is 0 Å². The number of halogens is 1. The van der Waals surface area contributed by atoms with Gasteiger partial charge in [0.1, 0.15) is 5.84 Å². The third kappa shape index (κ3) is 4.23. The molecule has 0 heterocycles. The van der Waals surface area contributed by atoms with Crippen LogP contribution in [0.15, 0.2) is 42.5 Å². The van der Waals surface area contributed by atoms with Gasteiger partial charge in [-0.2, -0.15) is 0 Å². The van der Waals surface area contributed by atoms with E-state index in [2.05, 4.69) is 5.32 Å². The lowest BCUT2D eigenvalue weighted by Gasteiger charge is -2.09. The van der Waals surface area contributed by atoms with Gasteiger partial charge in [0.15, 0.2) is 0 Å². The standard InChI is InChI=1S/C16H18N4O.ClH/c1-10-3-2-4-12(7-10)16(21)20-9-13-6-5-11(15(18)19)8-14(13)17;/h2-8H,9,17H2,1H3,(H3,18,19)(H,20,21);1H. The molecule has 6 heteroatoms. The van der Waals surface area contributed by atoms with E-state index in [1.807, 2.05) is 25.1 Å². The van der Waals surface area contributed by atoms with Crippen molar-refractivity contribution in [1.29, 1.82) is 5.41 Å². The lowest BCUT2D eigenvalue weighted by molar-refractivity contribution is 0.0951. The summed E-state index contributed by atoms with van der Waals surface area (Å²) in [6, 6.07) is 12.5. The van der Waals surface area contributed by atoms with E-state index < -0.39 is 0 Å². The fourth-order valence-electron chi connectivity index (χ4n) is 1.99. The first-order valence-electron chi connectivity index (χ1n) is 6.55. The minimum Gasteiger partial charge on any atom is -0.398 e. The molecule has 0 aliphatic rings. The van der Waals surface area contributed by atoms with Gasteiger partial charge < -0.3 is 16.8 Å². The van der Waals surface area contributed by atoms with Gasteiger partial charge in [-0.05, 0) is 30.7 Å². The van der Waals surface area contributed by atoms with Crippen molar-refractivity contribution < 1.29 is 4.79 Å². The summed E-state index contributed by atoms with van der Waals surface area (Å²) in [5.41, 5.74) is 14.8. The number of nitrogens with one attached hydrogen (secondary N) is 2. The smallest absolute Gasteiger partial charge is 0.251 e. The molecule has 0 aliphatic heterocycles. The number of anilines is 1. The molecule has 2 rings (SSSR count). The monoisotopic (exact) mass is 318 g/mol. The minimum atomic E-state index is -0.145. The van der Waals surface area contributed by atoms with Crippen molar-refractivity contribution in [1.82, 2.24) is 5.32 Å². The van der Waals surface area contributed by atoms with Crippen molar-refractivity contribution in [3.8, 4) is 0 Å². The molecular formula is C16H19ClN4O. The van der Waals surface area contributed by atoms with Crippen molar-refractivity contribution in [3.05, 3.63) is 64.7 Å². The maximum absolute atomic E-state index is 12.1. The van der Waals surface area contributed by atoms with Gasteiger partial charge in [-0.1, -0.05) is 29.8 Å².